The van der Waals surface area contributed by atoms with Gasteiger partial charge in [-0.25, -0.2) is 4.79 Å². The van der Waals surface area contributed by atoms with Gasteiger partial charge < -0.3 is 14.7 Å². The molecule has 0 unspecified atom stereocenters. The Morgan fingerprint density at radius 2 is 2.07 bits per heavy atom. The van der Waals surface area contributed by atoms with Gasteiger partial charge in [-0.05, 0) is 12.1 Å². The van der Waals surface area contributed by atoms with Crippen molar-refractivity contribution in [3.8, 4) is 17.1 Å². The highest BCUT2D eigenvalue weighted by atomic mass is 16.5. The molecule has 1 aromatic carbocycles. The molecule has 2 rings (SSSR count). The van der Waals surface area contributed by atoms with E-state index in [-0.39, 0.29) is 11.6 Å². The molecule has 0 saturated heterocycles. The van der Waals surface area contributed by atoms with Crippen molar-refractivity contribution in [2.24, 2.45) is 0 Å². The van der Waals surface area contributed by atoms with E-state index in [1.54, 1.807) is 18.2 Å². The lowest BCUT2D eigenvalue weighted by Gasteiger charge is -1.96. The summed E-state index contributed by atoms with van der Waals surface area (Å²) in [6.45, 7) is 0. The lowest BCUT2D eigenvalue weighted by atomic mass is 10.2. The third kappa shape index (κ3) is 1.64. The minimum absolute atomic E-state index is 0.0322. The van der Waals surface area contributed by atoms with Gasteiger partial charge in [-0.1, -0.05) is 17.3 Å². The van der Waals surface area contributed by atoms with E-state index in [0.29, 0.717) is 5.56 Å². The predicted molar refractivity (Wildman–Crippen MR) is 48.4 cm³/mol. The smallest absolute Gasteiger partial charge is 0.394 e. The van der Waals surface area contributed by atoms with E-state index < -0.39 is 11.9 Å². The first kappa shape index (κ1) is 9.20. The summed E-state index contributed by atoms with van der Waals surface area (Å²) in [7, 11) is 0. The van der Waals surface area contributed by atoms with Gasteiger partial charge in [-0.3, -0.25) is 0 Å². The van der Waals surface area contributed by atoms with Crippen molar-refractivity contribution in [2.75, 3.05) is 0 Å². The number of aromatic nitrogens is 2. The molecule has 6 nitrogen and oxygen atoms in total. The number of hydrogen-bond acceptors (Lipinski definition) is 5. The number of phenols is 1. The second kappa shape index (κ2) is 3.41. The monoisotopic (exact) mass is 206 g/mol. The molecule has 2 aromatic rings. The molecule has 76 valence electrons. The molecule has 1 heterocycles. The summed E-state index contributed by atoms with van der Waals surface area (Å²) < 4.78 is 4.46. The molecule has 0 atom stereocenters. The number of phenolic OH excluding ortho intramolecular Hbond substituents is 1. The topological polar surface area (TPSA) is 96.5 Å². The lowest BCUT2D eigenvalue weighted by Crippen LogP contribution is -1.95. The number of hydrogen-bond donors (Lipinski definition) is 2. The molecule has 2 N–H and O–H groups in total. The number of aromatic hydroxyl groups is 1. The minimum Gasteiger partial charge on any atom is -0.507 e. The van der Waals surface area contributed by atoms with Gasteiger partial charge in [-0.15, -0.1) is 0 Å². The number of carbonyl (C=O) groups is 1. The van der Waals surface area contributed by atoms with E-state index in [9.17, 15) is 9.90 Å². The first-order chi connectivity index (χ1) is 7.18. The van der Waals surface area contributed by atoms with Crippen LogP contribution in [0.5, 0.6) is 5.75 Å². The molecule has 0 radical (unpaired) electrons. The van der Waals surface area contributed by atoms with Crippen LogP contribution in [0.15, 0.2) is 28.8 Å². The van der Waals surface area contributed by atoms with Gasteiger partial charge in [0.2, 0.25) is 5.82 Å². The summed E-state index contributed by atoms with van der Waals surface area (Å²) >= 11 is 0. The van der Waals surface area contributed by atoms with Crippen LogP contribution in [0.1, 0.15) is 10.7 Å². The Balaban J connectivity index is 2.46. The van der Waals surface area contributed by atoms with Crippen molar-refractivity contribution in [1.82, 2.24) is 10.1 Å². The van der Waals surface area contributed by atoms with Crippen molar-refractivity contribution in [2.45, 2.75) is 0 Å². The van der Waals surface area contributed by atoms with Crippen LogP contribution in [0.25, 0.3) is 11.4 Å². The molecular formula is C9H6N2O4. The van der Waals surface area contributed by atoms with E-state index in [1.165, 1.54) is 6.07 Å². The van der Waals surface area contributed by atoms with Crippen LogP contribution < -0.4 is 0 Å². The zero-order valence-electron chi connectivity index (χ0n) is 7.41. The van der Waals surface area contributed by atoms with Crippen LogP contribution in [0.2, 0.25) is 0 Å². The molecule has 0 saturated carbocycles. The number of aromatic carboxylic acids is 1. The van der Waals surface area contributed by atoms with E-state index in [2.05, 4.69) is 14.7 Å². The van der Waals surface area contributed by atoms with Crippen molar-refractivity contribution in [3.05, 3.63) is 30.2 Å². The van der Waals surface area contributed by atoms with Gasteiger partial charge in [0.1, 0.15) is 5.75 Å². The van der Waals surface area contributed by atoms with Gasteiger partial charge in [0.15, 0.2) is 0 Å². The van der Waals surface area contributed by atoms with Crippen molar-refractivity contribution in [3.63, 3.8) is 0 Å². The van der Waals surface area contributed by atoms with Crippen LogP contribution in [0.4, 0.5) is 0 Å². The Morgan fingerprint density at radius 3 is 2.67 bits per heavy atom. The first-order valence-electron chi connectivity index (χ1n) is 4.04. The van der Waals surface area contributed by atoms with Crippen molar-refractivity contribution < 1.29 is 19.5 Å². The number of nitrogens with zero attached hydrogens (tertiary/aromatic N) is 2. The average Bonchev–Trinajstić information content (AvgIpc) is 2.67. The Kier molecular flexibility index (Phi) is 2.09. The molecule has 0 bridgehead atoms. The third-order valence-corrected chi connectivity index (χ3v) is 1.75. The average molecular weight is 206 g/mol. The Labute approximate surface area is 83.8 Å². The maximum atomic E-state index is 10.5. The Morgan fingerprint density at radius 1 is 1.33 bits per heavy atom. The standard InChI is InChI=1S/C9H6N2O4/c12-6-4-2-1-3-5(6)7-10-8(9(13)14)15-11-7/h1-4,12H,(H,13,14). The van der Waals surface area contributed by atoms with Crippen LogP contribution in [-0.4, -0.2) is 26.3 Å². The van der Waals surface area contributed by atoms with E-state index in [4.69, 9.17) is 5.11 Å². The maximum absolute atomic E-state index is 10.5. The molecule has 0 fully saturated rings. The Hall–Kier alpha value is -2.37. The summed E-state index contributed by atoms with van der Waals surface area (Å²) in [5.41, 5.74) is 0.328. The quantitative estimate of drug-likeness (QED) is 0.764. The van der Waals surface area contributed by atoms with Crippen LogP contribution in [0, 0.1) is 0 Å². The van der Waals surface area contributed by atoms with E-state index in [1.807, 2.05) is 0 Å². The van der Waals surface area contributed by atoms with Crippen molar-refractivity contribution in [1.29, 1.82) is 0 Å². The molecule has 0 aliphatic heterocycles. The van der Waals surface area contributed by atoms with Crippen molar-refractivity contribution >= 4 is 5.97 Å². The number of benzene rings is 1. The number of para-hydroxylation sites is 1. The van der Waals surface area contributed by atoms with Crippen LogP contribution in [0.3, 0.4) is 0 Å². The maximum Gasteiger partial charge on any atom is 0.394 e. The number of rotatable bonds is 2. The summed E-state index contributed by atoms with van der Waals surface area (Å²) in [4.78, 5) is 14.1. The zero-order valence-corrected chi connectivity index (χ0v) is 7.41. The molecule has 0 spiro atoms. The second-order valence-electron chi connectivity index (χ2n) is 2.75. The first-order valence-corrected chi connectivity index (χ1v) is 4.04. The molecule has 0 aliphatic carbocycles. The van der Waals surface area contributed by atoms with Gasteiger partial charge >= 0.3 is 11.9 Å². The fourth-order valence-corrected chi connectivity index (χ4v) is 1.08. The zero-order chi connectivity index (χ0) is 10.8. The minimum atomic E-state index is -1.30. The third-order valence-electron chi connectivity index (χ3n) is 1.75. The number of carboxylic acids is 1. The molecular weight excluding hydrogens is 200 g/mol. The fraction of sp³-hybridized carbons (Fsp3) is 0. The van der Waals surface area contributed by atoms with Gasteiger partial charge in [0, 0.05) is 0 Å². The van der Waals surface area contributed by atoms with Gasteiger partial charge in [-0.2, -0.15) is 4.98 Å². The summed E-state index contributed by atoms with van der Waals surface area (Å²) in [5, 5.41) is 21.4. The summed E-state index contributed by atoms with van der Waals surface area (Å²) in [5.74, 6) is -1.79. The highest BCUT2D eigenvalue weighted by Gasteiger charge is 2.16. The van der Waals surface area contributed by atoms with Gasteiger partial charge in [0.05, 0.1) is 5.56 Å². The number of carboxylic acid groups (broad SMARTS) is 1. The Bertz CT molecular complexity index is 506. The normalized spacial score (nSPS) is 10.1. The molecule has 15 heavy (non-hydrogen) atoms. The van der Waals surface area contributed by atoms with E-state index >= 15 is 0 Å². The van der Waals surface area contributed by atoms with Crippen LogP contribution >= 0.6 is 0 Å². The molecule has 0 amide bonds. The SMILES string of the molecule is O=C(O)c1nc(-c2ccccc2O)no1. The predicted octanol–water partition coefficient (Wildman–Crippen LogP) is 1.14. The van der Waals surface area contributed by atoms with E-state index in [0.717, 1.165) is 0 Å². The van der Waals surface area contributed by atoms with Gasteiger partial charge in [0.25, 0.3) is 0 Å². The summed E-state index contributed by atoms with van der Waals surface area (Å²) in [6, 6.07) is 6.32. The summed E-state index contributed by atoms with van der Waals surface area (Å²) in [6.07, 6.45) is 0. The fourth-order valence-electron chi connectivity index (χ4n) is 1.08. The van der Waals surface area contributed by atoms with Crippen LogP contribution in [-0.2, 0) is 0 Å². The second-order valence-corrected chi connectivity index (χ2v) is 2.75. The molecule has 1 aromatic heterocycles. The highest BCUT2D eigenvalue weighted by molar-refractivity contribution is 5.82. The largest absolute Gasteiger partial charge is 0.507 e. The molecule has 6 heteroatoms. The molecule has 0 aliphatic rings. The lowest BCUT2D eigenvalue weighted by molar-refractivity contribution is 0.0643. The highest BCUT2D eigenvalue weighted by Crippen LogP contribution is 2.25.